The minimum atomic E-state index is 0.621. The van der Waals surface area contributed by atoms with Crippen molar-refractivity contribution in [1.82, 2.24) is 0 Å². The molecule has 1 aromatic rings. The number of rotatable bonds is 5. The van der Waals surface area contributed by atoms with Crippen LogP contribution in [0.2, 0.25) is 0 Å². The predicted molar refractivity (Wildman–Crippen MR) is 82.3 cm³/mol. The second-order valence-electron chi connectivity index (χ2n) is 6.71. The van der Waals surface area contributed by atoms with E-state index >= 15 is 0 Å². The second kappa shape index (κ2) is 6.41. The largest absolute Gasteiger partial charge is 0.0625 e. The number of benzene rings is 1. The maximum absolute atomic E-state index is 2.37. The fourth-order valence-corrected chi connectivity index (χ4v) is 2.71. The van der Waals surface area contributed by atoms with E-state index in [1.54, 1.807) is 16.7 Å². The van der Waals surface area contributed by atoms with Crippen molar-refractivity contribution in [3.8, 4) is 0 Å². The van der Waals surface area contributed by atoms with Crippen LogP contribution in [0, 0.1) is 11.8 Å². The van der Waals surface area contributed by atoms with Crippen molar-refractivity contribution in [2.75, 3.05) is 0 Å². The molecule has 0 nitrogen and oxygen atoms in total. The topological polar surface area (TPSA) is 0 Å². The van der Waals surface area contributed by atoms with E-state index in [9.17, 15) is 0 Å². The van der Waals surface area contributed by atoms with Gasteiger partial charge in [0.25, 0.3) is 0 Å². The highest BCUT2D eigenvalue weighted by molar-refractivity contribution is 5.40. The molecule has 0 bridgehead atoms. The summed E-state index contributed by atoms with van der Waals surface area (Å²) in [4.78, 5) is 0. The summed E-state index contributed by atoms with van der Waals surface area (Å²) in [5.74, 6) is 2.70. The summed E-state index contributed by atoms with van der Waals surface area (Å²) >= 11 is 0. The molecule has 18 heavy (non-hydrogen) atoms. The van der Waals surface area contributed by atoms with Crippen LogP contribution in [-0.4, -0.2) is 0 Å². The lowest BCUT2D eigenvalue weighted by molar-refractivity contribution is 0.526. The van der Waals surface area contributed by atoms with Crippen molar-refractivity contribution >= 4 is 0 Å². The molecule has 1 aromatic carbocycles. The highest BCUT2D eigenvalue weighted by atomic mass is 14.2. The quantitative estimate of drug-likeness (QED) is 0.619. The molecule has 0 saturated carbocycles. The van der Waals surface area contributed by atoms with Crippen LogP contribution in [0.25, 0.3) is 0 Å². The Balaban J connectivity index is 3.25. The molecule has 0 aliphatic heterocycles. The Morgan fingerprint density at radius 1 is 0.889 bits per heavy atom. The zero-order valence-corrected chi connectivity index (χ0v) is 13.2. The standard InChI is InChI=1S/C18H30/c1-12(2)11-16-9-8-10-17(15(7)13(3)4)18(16)14(5)6/h8-10,12-15H,11H2,1-7H3. The number of hydrogen-bond donors (Lipinski definition) is 0. The van der Waals surface area contributed by atoms with E-state index in [2.05, 4.69) is 66.7 Å². The van der Waals surface area contributed by atoms with E-state index in [1.165, 1.54) is 6.42 Å². The maximum atomic E-state index is 2.37. The molecular weight excluding hydrogens is 216 g/mol. The average Bonchev–Trinajstić information content (AvgIpc) is 2.26. The van der Waals surface area contributed by atoms with Crippen molar-refractivity contribution in [2.24, 2.45) is 11.8 Å². The van der Waals surface area contributed by atoms with Gasteiger partial charge in [0.05, 0.1) is 0 Å². The van der Waals surface area contributed by atoms with Crippen LogP contribution in [-0.2, 0) is 6.42 Å². The van der Waals surface area contributed by atoms with Crippen molar-refractivity contribution in [1.29, 1.82) is 0 Å². The first-order valence-electron chi connectivity index (χ1n) is 7.46. The first-order chi connectivity index (χ1) is 8.34. The minimum absolute atomic E-state index is 0.621. The molecule has 0 aliphatic rings. The van der Waals surface area contributed by atoms with E-state index in [0.717, 1.165) is 5.92 Å². The van der Waals surface area contributed by atoms with E-state index in [0.29, 0.717) is 17.8 Å². The van der Waals surface area contributed by atoms with Gasteiger partial charge in [0, 0.05) is 0 Å². The molecule has 0 saturated heterocycles. The van der Waals surface area contributed by atoms with E-state index in [-0.39, 0.29) is 0 Å². The van der Waals surface area contributed by atoms with Gasteiger partial charge in [-0.2, -0.15) is 0 Å². The fourth-order valence-electron chi connectivity index (χ4n) is 2.71. The van der Waals surface area contributed by atoms with Crippen molar-refractivity contribution < 1.29 is 0 Å². The molecule has 0 aliphatic carbocycles. The van der Waals surface area contributed by atoms with Crippen LogP contribution in [0.3, 0.4) is 0 Å². The molecule has 1 rings (SSSR count). The Hall–Kier alpha value is -0.780. The van der Waals surface area contributed by atoms with E-state index < -0.39 is 0 Å². The molecule has 0 fully saturated rings. The monoisotopic (exact) mass is 246 g/mol. The van der Waals surface area contributed by atoms with Crippen LogP contribution in [0.4, 0.5) is 0 Å². The normalized spacial score (nSPS) is 13.7. The summed E-state index contributed by atoms with van der Waals surface area (Å²) in [6.07, 6.45) is 1.20. The third-order valence-corrected chi connectivity index (χ3v) is 3.93. The van der Waals surface area contributed by atoms with Crippen LogP contribution in [0.15, 0.2) is 18.2 Å². The molecule has 1 unspecified atom stereocenters. The van der Waals surface area contributed by atoms with Crippen LogP contribution in [0.5, 0.6) is 0 Å². The lowest BCUT2D eigenvalue weighted by atomic mass is 9.80. The number of hydrogen-bond acceptors (Lipinski definition) is 0. The summed E-state index contributed by atoms with van der Waals surface area (Å²) in [5, 5.41) is 0. The molecule has 0 radical (unpaired) electrons. The van der Waals surface area contributed by atoms with Gasteiger partial charge in [-0.15, -0.1) is 0 Å². The van der Waals surface area contributed by atoms with Crippen molar-refractivity contribution in [2.45, 2.75) is 66.7 Å². The minimum Gasteiger partial charge on any atom is -0.0625 e. The lowest BCUT2D eigenvalue weighted by Crippen LogP contribution is -2.10. The average molecular weight is 246 g/mol. The van der Waals surface area contributed by atoms with Gasteiger partial charge in [0.2, 0.25) is 0 Å². The van der Waals surface area contributed by atoms with Gasteiger partial charge < -0.3 is 0 Å². The van der Waals surface area contributed by atoms with Crippen LogP contribution in [0.1, 0.15) is 77.0 Å². The highest BCUT2D eigenvalue weighted by Gasteiger charge is 2.18. The van der Waals surface area contributed by atoms with Gasteiger partial charge in [-0.1, -0.05) is 66.7 Å². The maximum Gasteiger partial charge on any atom is -0.0164 e. The Bertz CT molecular complexity index is 372. The molecule has 0 heteroatoms. The fraction of sp³-hybridized carbons (Fsp3) is 0.667. The molecule has 102 valence electrons. The van der Waals surface area contributed by atoms with Gasteiger partial charge in [0.15, 0.2) is 0 Å². The molecule has 0 amide bonds. The Morgan fingerprint density at radius 3 is 1.94 bits per heavy atom. The zero-order chi connectivity index (χ0) is 13.9. The second-order valence-corrected chi connectivity index (χ2v) is 6.71. The van der Waals surface area contributed by atoms with Gasteiger partial charge in [0.1, 0.15) is 0 Å². The van der Waals surface area contributed by atoms with Crippen LogP contribution < -0.4 is 0 Å². The third-order valence-electron chi connectivity index (χ3n) is 3.93. The Labute approximate surface area is 114 Å². The Kier molecular flexibility index (Phi) is 5.44. The first kappa shape index (κ1) is 15.3. The molecule has 0 aromatic heterocycles. The molecule has 0 spiro atoms. The van der Waals surface area contributed by atoms with Gasteiger partial charge >= 0.3 is 0 Å². The summed E-state index contributed by atoms with van der Waals surface area (Å²) < 4.78 is 0. The first-order valence-corrected chi connectivity index (χ1v) is 7.46. The summed E-state index contributed by atoms with van der Waals surface area (Å²) in [6.45, 7) is 16.3. The molecular formula is C18H30. The zero-order valence-electron chi connectivity index (χ0n) is 13.2. The molecule has 0 N–H and O–H groups in total. The summed E-state index contributed by atoms with van der Waals surface area (Å²) in [6, 6.07) is 6.91. The van der Waals surface area contributed by atoms with Gasteiger partial charge in [-0.3, -0.25) is 0 Å². The van der Waals surface area contributed by atoms with Gasteiger partial charge in [-0.25, -0.2) is 0 Å². The lowest BCUT2D eigenvalue weighted by Gasteiger charge is -2.25. The van der Waals surface area contributed by atoms with Crippen molar-refractivity contribution in [3.05, 3.63) is 34.9 Å². The third kappa shape index (κ3) is 3.60. The predicted octanol–water partition coefficient (Wildman–Crippen LogP) is 5.77. The Morgan fingerprint density at radius 2 is 1.50 bits per heavy atom. The highest BCUT2D eigenvalue weighted by Crippen LogP contribution is 2.33. The SMILES string of the molecule is CC(C)Cc1cccc(C(C)C(C)C)c1C(C)C. The molecule has 1 atom stereocenters. The molecule has 0 heterocycles. The van der Waals surface area contributed by atoms with E-state index in [1.807, 2.05) is 0 Å². The van der Waals surface area contributed by atoms with Gasteiger partial charge in [-0.05, 0) is 46.8 Å². The summed E-state index contributed by atoms with van der Waals surface area (Å²) in [7, 11) is 0. The van der Waals surface area contributed by atoms with Crippen molar-refractivity contribution in [3.63, 3.8) is 0 Å². The van der Waals surface area contributed by atoms with Crippen LogP contribution >= 0.6 is 0 Å². The van der Waals surface area contributed by atoms with E-state index in [4.69, 9.17) is 0 Å². The summed E-state index contributed by atoms with van der Waals surface area (Å²) in [5.41, 5.74) is 4.73. The smallest absolute Gasteiger partial charge is 0.0164 e.